The average Bonchev–Trinajstić information content (AvgIpc) is 2.82. The van der Waals surface area contributed by atoms with Gasteiger partial charge in [0.2, 0.25) is 0 Å². The number of quaternary nitrogens is 1. The Kier molecular flexibility index (Phi) is 7.35. The first-order chi connectivity index (χ1) is 15.6. The van der Waals surface area contributed by atoms with Crippen LogP contribution in [0, 0.1) is 17.6 Å². The van der Waals surface area contributed by atoms with Gasteiger partial charge >= 0.3 is 0 Å². The van der Waals surface area contributed by atoms with E-state index in [4.69, 9.17) is 10.5 Å². The van der Waals surface area contributed by atoms with Crippen molar-refractivity contribution in [2.75, 3.05) is 45.9 Å². The fraction of sp³-hybridized carbons (Fsp3) is 0.385. The smallest absolute Gasteiger partial charge is 0.165 e. The van der Waals surface area contributed by atoms with Crippen molar-refractivity contribution in [3.8, 4) is 5.75 Å². The zero-order valence-electron chi connectivity index (χ0n) is 18.4. The number of hydrogen-bond donors (Lipinski definition) is 1. The summed E-state index contributed by atoms with van der Waals surface area (Å²) in [5, 5.41) is 0. The maximum absolute atomic E-state index is 13.7. The zero-order chi connectivity index (χ0) is 22.4. The molecule has 1 fully saturated rings. The normalized spacial score (nSPS) is 22.0. The van der Waals surface area contributed by atoms with Crippen molar-refractivity contribution in [1.29, 1.82) is 0 Å². The molecule has 0 amide bonds. The van der Waals surface area contributed by atoms with E-state index in [9.17, 15) is 8.78 Å². The third-order valence-corrected chi connectivity index (χ3v) is 6.70. The number of allylic oxidation sites excluding steroid dienone is 2. The minimum atomic E-state index is -0.319. The van der Waals surface area contributed by atoms with Gasteiger partial charge in [-0.25, -0.2) is 8.78 Å². The van der Waals surface area contributed by atoms with Crippen LogP contribution in [0.3, 0.4) is 0 Å². The lowest BCUT2D eigenvalue weighted by atomic mass is 9.93. The number of halogens is 2. The molecule has 4 rings (SSSR count). The molecule has 0 aliphatic carbocycles. The monoisotopic (exact) mass is 440 g/mol. The molecule has 2 heterocycles. The Hall–Kier alpha value is -2.54. The van der Waals surface area contributed by atoms with Crippen LogP contribution in [0.1, 0.15) is 12.8 Å². The highest BCUT2D eigenvalue weighted by molar-refractivity contribution is 5.51. The maximum Gasteiger partial charge on any atom is 0.165 e. The number of likely N-dealkylation sites (tertiary alicyclic amines) is 1. The Morgan fingerprint density at radius 3 is 2.50 bits per heavy atom. The Balaban J connectivity index is 1.36. The van der Waals surface area contributed by atoms with Gasteiger partial charge in [-0.2, -0.15) is 0 Å². The lowest BCUT2D eigenvalue weighted by Crippen LogP contribution is -2.55. The summed E-state index contributed by atoms with van der Waals surface area (Å²) in [6.45, 7) is 5.53. The molecule has 6 heteroatoms. The Bertz CT molecular complexity index is 952. The van der Waals surface area contributed by atoms with E-state index in [0.29, 0.717) is 29.3 Å². The number of benzene rings is 2. The molecule has 0 aromatic heterocycles. The molecule has 1 unspecified atom stereocenters. The fourth-order valence-electron chi connectivity index (χ4n) is 4.90. The van der Waals surface area contributed by atoms with Crippen LogP contribution in [0.4, 0.5) is 14.5 Å². The first kappa shape index (κ1) is 22.6. The van der Waals surface area contributed by atoms with Gasteiger partial charge in [0.1, 0.15) is 30.4 Å². The van der Waals surface area contributed by atoms with Crippen LogP contribution in [-0.2, 0) is 0 Å². The molecule has 2 aromatic carbocycles. The van der Waals surface area contributed by atoms with Crippen LogP contribution in [0.5, 0.6) is 5.75 Å². The van der Waals surface area contributed by atoms with Gasteiger partial charge in [-0.05, 0) is 62.3 Å². The predicted molar refractivity (Wildman–Crippen MR) is 125 cm³/mol. The molecule has 2 aliphatic heterocycles. The summed E-state index contributed by atoms with van der Waals surface area (Å²) in [7, 11) is 0. The minimum absolute atomic E-state index is 0.219. The summed E-state index contributed by atoms with van der Waals surface area (Å²) in [4.78, 5) is 2.38. The third kappa shape index (κ3) is 5.09. The topological polar surface area (TPSA) is 38.5 Å². The Morgan fingerprint density at radius 1 is 1.03 bits per heavy atom. The Morgan fingerprint density at radius 2 is 1.78 bits per heavy atom. The summed E-state index contributed by atoms with van der Waals surface area (Å²) >= 11 is 0. The van der Waals surface area contributed by atoms with Crippen molar-refractivity contribution < 1.29 is 13.5 Å². The van der Waals surface area contributed by atoms with Crippen molar-refractivity contribution in [1.82, 2.24) is 9.38 Å². The number of nitrogens with two attached hydrogens (primary N) is 1. The van der Waals surface area contributed by atoms with Crippen molar-refractivity contribution in [2.24, 2.45) is 11.7 Å². The van der Waals surface area contributed by atoms with E-state index >= 15 is 0 Å². The summed E-state index contributed by atoms with van der Waals surface area (Å²) in [6, 6.07) is 13.4. The Labute approximate surface area is 189 Å². The summed E-state index contributed by atoms with van der Waals surface area (Å²) in [5.74, 6) is 0.321. The van der Waals surface area contributed by atoms with Crippen LogP contribution in [-0.4, -0.2) is 50.8 Å². The van der Waals surface area contributed by atoms with Crippen LogP contribution >= 0.6 is 0 Å². The minimum Gasteiger partial charge on any atom is -0.489 e. The zero-order valence-corrected chi connectivity index (χ0v) is 18.4. The van der Waals surface area contributed by atoms with Gasteiger partial charge in [0.25, 0.3) is 0 Å². The second-order valence-electron chi connectivity index (χ2n) is 8.66. The van der Waals surface area contributed by atoms with E-state index in [-0.39, 0.29) is 11.6 Å². The molecule has 2 aromatic rings. The molecule has 0 radical (unpaired) electrons. The molecule has 0 spiro atoms. The number of rotatable bonds is 8. The lowest BCUT2D eigenvalue weighted by Gasteiger charge is -2.43. The summed E-state index contributed by atoms with van der Waals surface area (Å²) in [6.07, 6.45) is 8.53. The molecule has 0 bridgehead atoms. The van der Waals surface area contributed by atoms with Gasteiger partial charge in [-0.15, -0.1) is 0 Å². The van der Waals surface area contributed by atoms with Crippen LogP contribution < -0.4 is 15.0 Å². The third-order valence-electron chi connectivity index (χ3n) is 6.70. The van der Waals surface area contributed by atoms with Crippen LogP contribution in [0.25, 0.3) is 0 Å². The largest absolute Gasteiger partial charge is 0.489 e. The van der Waals surface area contributed by atoms with Gasteiger partial charge in [-0.1, -0.05) is 18.2 Å². The van der Waals surface area contributed by atoms with Gasteiger partial charge in [0.05, 0.1) is 13.1 Å². The molecule has 1 atom stereocenters. The molecular weight excluding hydrogens is 408 g/mol. The van der Waals surface area contributed by atoms with Crippen molar-refractivity contribution in [3.63, 3.8) is 0 Å². The summed E-state index contributed by atoms with van der Waals surface area (Å²) in [5.41, 5.74) is 8.40. The first-order valence-corrected chi connectivity index (χ1v) is 11.4. The van der Waals surface area contributed by atoms with E-state index in [0.717, 1.165) is 51.3 Å². The molecule has 2 aliphatic rings. The highest BCUT2D eigenvalue weighted by Crippen LogP contribution is 2.34. The lowest BCUT2D eigenvalue weighted by molar-refractivity contribution is 0.138. The van der Waals surface area contributed by atoms with Gasteiger partial charge in [0, 0.05) is 24.6 Å². The summed E-state index contributed by atoms with van der Waals surface area (Å²) < 4.78 is 33.6. The van der Waals surface area contributed by atoms with Crippen molar-refractivity contribution in [2.45, 2.75) is 12.8 Å². The van der Waals surface area contributed by atoms with Crippen LogP contribution in [0.15, 0.2) is 72.5 Å². The quantitative estimate of drug-likeness (QED) is 0.616. The standard InChI is InChI=1S/C26H32F2N3O/c27-22-8-10-23(11-9-22)31(17-4-3-5-24(31)19-29)20-21-12-14-30(15-13-21)16-18-32-26-7-2-1-6-25(26)28/h1-11,21H,12-20,29H2/q+1. The molecule has 4 nitrogen and oxygen atoms in total. The van der Waals surface area contributed by atoms with E-state index in [2.05, 4.69) is 23.1 Å². The highest BCUT2D eigenvalue weighted by atomic mass is 19.1. The van der Waals surface area contributed by atoms with E-state index in [1.807, 2.05) is 12.1 Å². The van der Waals surface area contributed by atoms with Crippen molar-refractivity contribution in [3.05, 3.63) is 84.1 Å². The second kappa shape index (κ2) is 10.4. The van der Waals surface area contributed by atoms with E-state index in [1.54, 1.807) is 30.3 Å². The highest BCUT2D eigenvalue weighted by Gasteiger charge is 2.38. The molecule has 2 N–H and O–H groups in total. The molecule has 0 saturated carbocycles. The molecule has 1 saturated heterocycles. The fourth-order valence-corrected chi connectivity index (χ4v) is 4.90. The van der Waals surface area contributed by atoms with E-state index < -0.39 is 0 Å². The second-order valence-corrected chi connectivity index (χ2v) is 8.66. The molecule has 170 valence electrons. The van der Waals surface area contributed by atoms with Gasteiger partial charge in [-0.3, -0.25) is 9.38 Å². The predicted octanol–water partition coefficient (Wildman–Crippen LogP) is 4.48. The number of ether oxygens (including phenoxy) is 1. The number of nitrogens with zero attached hydrogens (tertiary/aromatic N) is 2. The van der Waals surface area contributed by atoms with Gasteiger partial charge < -0.3 is 10.5 Å². The van der Waals surface area contributed by atoms with Crippen molar-refractivity contribution >= 4 is 5.69 Å². The van der Waals surface area contributed by atoms with Crippen LogP contribution in [0.2, 0.25) is 0 Å². The molecular formula is C26H32F2N3O+. The molecule has 32 heavy (non-hydrogen) atoms. The maximum atomic E-state index is 13.7. The van der Waals surface area contributed by atoms with Gasteiger partial charge in [0.15, 0.2) is 11.6 Å². The average molecular weight is 441 g/mol. The number of piperidine rings is 1. The first-order valence-electron chi connectivity index (χ1n) is 11.4. The van der Waals surface area contributed by atoms with E-state index in [1.165, 1.54) is 11.8 Å². The number of hydrogen-bond acceptors (Lipinski definition) is 3. The number of para-hydroxylation sites is 1. The SMILES string of the molecule is NCC1=CC=CC[N+]1(CC1CCN(CCOc2ccccc2F)CC1)c1ccc(F)cc1.